The Labute approximate surface area is 158 Å². The molecule has 140 valence electrons. The number of carbonyl (C=O) groups excluding carboxylic acids is 1. The maximum atomic E-state index is 12.3. The van der Waals surface area contributed by atoms with Crippen LogP contribution in [0.5, 0.6) is 0 Å². The van der Waals surface area contributed by atoms with Gasteiger partial charge in [0.25, 0.3) is 5.69 Å². The Kier molecular flexibility index (Phi) is 8.34. The van der Waals surface area contributed by atoms with Crippen LogP contribution >= 0.6 is 24.8 Å². The summed E-state index contributed by atoms with van der Waals surface area (Å²) in [5.74, 6) is 0.803. The number of nitrogens with one attached hydrogen (secondary N) is 2. The summed E-state index contributed by atoms with van der Waals surface area (Å²) >= 11 is 0. The first-order valence-corrected chi connectivity index (χ1v) is 8.00. The number of nitrogens with zero attached hydrogens (tertiary/aromatic N) is 3. The van der Waals surface area contributed by atoms with E-state index in [4.69, 9.17) is 0 Å². The lowest BCUT2D eigenvalue weighted by molar-refractivity contribution is -0.385. The van der Waals surface area contributed by atoms with Gasteiger partial charge in [0.05, 0.1) is 4.92 Å². The van der Waals surface area contributed by atoms with Gasteiger partial charge in [0.1, 0.15) is 12.0 Å². The Bertz CT molecular complexity index is 581. The Morgan fingerprint density at radius 2 is 2.20 bits per heavy atom. The van der Waals surface area contributed by atoms with Gasteiger partial charge in [-0.15, -0.1) is 24.8 Å². The van der Waals surface area contributed by atoms with Crippen LogP contribution in [0.2, 0.25) is 0 Å². The molecule has 1 aromatic rings. The van der Waals surface area contributed by atoms with Gasteiger partial charge in [-0.05, 0) is 31.9 Å². The standard InChI is InChI=1S/C15H21N5O3.2ClH/c21-15(8-11-2-1-6-16-11)19-7-5-12(10-19)18-14-4-3-13(9-17-14)20(22)23;;/h3-4,9,11-12,16H,1-2,5-8,10H2,(H,17,18);2*1H. The number of anilines is 1. The SMILES string of the molecule is Cl.Cl.O=C(CC1CCCN1)N1CCC(Nc2ccc([N+](=O)[O-])cn2)C1. The maximum Gasteiger partial charge on any atom is 0.287 e. The molecule has 2 aliphatic heterocycles. The summed E-state index contributed by atoms with van der Waals surface area (Å²) in [5, 5.41) is 17.2. The fourth-order valence-corrected chi connectivity index (χ4v) is 3.16. The highest BCUT2D eigenvalue weighted by molar-refractivity contribution is 5.85. The number of pyridine rings is 1. The van der Waals surface area contributed by atoms with Crippen LogP contribution < -0.4 is 10.6 Å². The van der Waals surface area contributed by atoms with Crippen molar-refractivity contribution in [2.45, 2.75) is 37.8 Å². The zero-order valence-electron chi connectivity index (χ0n) is 13.7. The minimum Gasteiger partial charge on any atom is -0.365 e. The molecule has 0 saturated carbocycles. The van der Waals surface area contributed by atoms with Crippen LogP contribution in [0.3, 0.4) is 0 Å². The second-order valence-corrected chi connectivity index (χ2v) is 6.13. The lowest BCUT2D eigenvalue weighted by atomic mass is 10.1. The number of carbonyl (C=O) groups is 1. The van der Waals surface area contributed by atoms with Crippen molar-refractivity contribution >= 4 is 42.2 Å². The van der Waals surface area contributed by atoms with E-state index in [1.54, 1.807) is 6.07 Å². The smallest absolute Gasteiger partial charge is 0.287 e. The number of hydrogen-bond donors (Lipinski definition) is 2. The van der Waals surface area contributed by atoms with Crippen molar-refractivity contribution in [1.29, 1.82) is 0 Å². The average Bonchev–Trinajstić information content (AvgIpc) is 3.19. The highest BCUT2D eigenvalue weighted by atomic mass is 35.5. The largest absolute Gasteiger partial charge is 0.365 e. The van der Waals surface area contributed by atoms with Gasteiger partial charge in [-0.2, -0.15) is 0 Å². The summed E-state index contributed by atoms with van der Waals surface area (Å²) in [7, 11) is 0. The van der Waals surface area contributed by atoms with Crippen molar-refractivity contribution in [3.05, 3.63) is 28.4 Å². The number of nitro groups is 1. The summed E-state index contributed by atoms with van der Waals surface area (Å²) in [6.45, 7) is 2.41. The first-order valence-electron chi connectivity index (χ1n) is 8.00. The van der Waals surface area contributed by atoms with Crippen LogP contribution in [0.25, 0.3) is 0 Å². The summed E-state index contributed by atoms with van der Waals surface area (Å²) < 4.78 is 0. The summed E-state index contributed by atoms with van der Waals surface area (Å²) in [6.07, 6.45) is 4.90. The normalized spacial score (nSPS) is 22.0. The van der Waals surface area contributed by atoms with Gasteiger partial charge in [0.15, 0.2) is 0 Å². The molecule has 2 fully saturated rings. The topological polar surface area (TPSA) is 100 Å². The van der Waals surface area contributed by atoms with Crippen LogP contribution in [-0.4, -0.2) is 52.4 Å². The number of likely N-dealkylation sites (tertiary alicyclic amines) is 1. The minimum atomic E-state index is -0.468. The Balaban J connectivity index is 0.00000156. The average molecular weight is 392 g/mol. The van der Waals surface area contributed by atoms with E-state index in [1.165, 1.54) is 12.3 Å². The number of hydrogen-bond acceptors (Lipinski definition) is 6. The molecule has 0 radical (unpaired) electrons. The molecule has 1 amide bonds. The van der Waals surface area contributed by atoms with Crippen LogP contribution in [0.15, 0.2) is 18.3 Å². The third-order valence-corrected chi connectivity index (χ3v) is 4.44. The van der Waals surface area contributed by atoms with Crippen molar-refractivity contribution in [3.63, 3.8) is 0 Å². The third-order valence-electron chi connectivity index (χ3n) is 4.44. The first-order chi connectivity index (χ1) is 11.1. The monoisotopic (exact) mass is 391 g/mol. The van der Waals surface area contributed by atoms with Gasteiger partial charge in [-0.3, -0.25) is 14.9 Å². The van der Waals surface area contributed by atoms with E-state index in [0.717, 1.165) is 32.4 Å². The number of amides is 1. The van der Waals surface area contributed by atoms with E-state index in [-0.39, 0.29) is 42.5 Å². The van der Waals surface area contributed by atoms with Gasteiger partial charge in [-0.1, -0.05) is 0 Å². The molecule has 0 aromatic carbocycles. The lowest BCUT2D eigenvalue weighted by Crippen LogP contribution is -2.36. The molecular formula is C15H23Cl2N5O3. The quantitative estimate of drug-likeness (QED) is 0.587. The van der Waals surface area contributed by atoms with Crippen LogP contribution in [0, 0.1) is 10.1 Å². The Morgan fingerprint density at radius 1 is 1.40 bits per heavy atom. The van der Waals surface area contributed by atoms with E-state index >= 15 is 0 Å². The van der Waals surface area contributed by atoms with Crippen LogP contribution in [0.4, 0.5) is 11.5 Å². The van der Waals surface area contributed by atoms with E-state index in [9.17, 15) is 14.9 Å². The fraction of sp³-hybridized carbons (Fsp3) is 0.600. The Morgan fingerprint density at radius 3 is 2.80 bits per heavy atom. The third kappa shape index (κ3) is 5.69. The molecule has 3 heterocycles. The molecular weight excluding hydrogens is 369 g/mol. The summed E-state index contributed by atoms with van der Waals surface area (Å²) in [6, 6.07) is 3.50. The summed E-state index contributed by atoms with van der Waals surface area (Å²) in [5.41, 5.74) is -0.0251. The minimum absolute atomic E-state index is 0. The van der Waals surface area contributed by atoms with Crippen molar-refractivity contribution in [2.24, 2.45) is 0 Å². The molecule has 2 N–H and O–H groups in total. The zero-order chi connectivity index (χ0) is 16.2. The van der Waals surface area contributed by atoms with Crippen LogP contribution in [-0.2, 0) is 4.79 Å². The van der Waals surface area contributed by atoms with E-state index in [0.29, 0.717) is 24.8 Å². The molecule has 8 nitrogen and oxygen atoms in total. The van der Waals surface area contributed by atoms with E-state index in [1.807, 2.05) is 4.90 Å². The van der Waals surface area contributed by atoms with Gasteiger partial charge in [-0.25, -0.2) is 4.98 Å². The predicted molar refractivity (Wildman–Crippen MR) is 99.6 cm³/mol. The lowest BCUT2D eigenvalue weighted by Gasteiger charge is -2.19. The van der Waals surface area contributed by atoms with Crippen LogP contribution in [0.1, 0.15) is 25.7 Å². The van der Waals surface area contributed by atoms with Gasteiger partial charge in [0.2, 0.25) is 5.91 Å². The van der Waals surface area contributed by atoms with E-state index < -0.39 is 4.92 Å². The summed E-state index contributed by atoms with van der Waals surface area (Å²) in [4.78, 5) is 28.4. The highest BCUT2D eigenvalue weighted by Gasteiger charge is 2.28. The van der Waals surface area contributed by atoms with Gasteiger partial charge < -0.3 is 15.5 Å². The first kappa shape index (κ1) is 21.4. The number of rotatable bonds is 5. The molecule has 0 aliphatic carbocycles. The number of aromatic nitrogens is 1. The molecule has 3 rings (SSSR count). The molecule has 2 saturated heterocycles. The second-order valence-electron chi connectivity index (χ2n) is 6.13. The molecule has 2 atom stereocenters. The van der Waals surface area contributed by atoms with Crippen molar-refractivity contribution in [2.75, 3.05) is 25.0 Å². The molecule has 1 aromatic heterocycles. The maximum absolute atomic E-state index is 12.3. The molecule has 25 heavy (non-hydrogen) atoms. The molecule has 0 bridgehead atoms. The molecule has 2 aliphatic rings. The van der Waals surface area contributed by atoms with E-state index in [2.05, 4.69) is 15.6 Å². The predicted octanol–water partition coefficient (Wildman–Crippen LogP) is 1.99. The Hall–Kier alpha value is -1.64. The van der Waals surface area contributed by atoms with Crippen molar-refractivity contribution in [1.82, 2.24) is 15.2 Å². The fourth-order valence-electron chi connectivity index (χ4n) is 3.16. The van der Waals surface area contributed by atoms with Crippen molar-refractivity contribution < 1.29 is 9.72 Å². The highest BCUT2D eigenvalue weighted by Crippen LogP contribution is 2.18. The number of halogens is 2. The van der Waals surface area contributed by atoms with Gasteiger partial charge in [0, 0.05) is 37.7 Å². The second kappa shape index (κ2) is 9.74. The molecule has 2 unspecified atom stereocenters. The van der Waals surface area contributed by atoms with Gasteiger partial charge >= 0.3 is 0 Å². The molecule has 0 spiro atoms. The zero-order valence-corrected chi connectivity index (χ0v) is 15.4. The molecule has 10 heteroatoms. The van der Waals surface area contributed by atoms with Crippen molar-refractivity contribution in [3.8, 4) is 0 Å².